The molecule has 1 aliphatic rings. The molecule has 0 bridgehead atoms. The molecule has 0 saturated heterocycles. The Morgan fingerprint density at radius 2 is 2.00 bits per heavy atom. The van der Waals surface area contributed by atoms with Crippen LogP contribution in [0.3, 0.4) is 0 Å². The highest BCUT2D eigenvalue weighted by atomic mass is 19.1. The van der Waals surface area contributed by atoms with Gasteiger partial charge in [0.25, 0.3) is 0 Å². The van der Waals surface area contributed by atoms with Gasteiger partial charge in [-0.05, 0) is 33.4 Å². The molecule has 0 amide bonds. The summed E-state index contributed by atoms with van der Waals surface area (Å²) in [5.41, 5.74) is 0. The first kappa shape index (κ1) is 11.0. The van der Waals surface area contributed by atoms with Crippen molar-refractivity contribution in [3.8, 4) is 0 Å². The Labute approximate surface area is 81.3 Å². The average Bonchev–Trinajstić information content (AvgIpc) is 2.16. The van der Waals surface area contributed by atoms with E-state index in [4.69, 9.17) is 0 Å². The van der Waals surface area contributed by atoms with E-state index in [2.05, 4.69) is 25.8 Å². The lowest BCUT2D eigenvalue weighted by molar-refractivity contribution is 0.0833. The fourth-order valence-corrected chi connectivity index (χ4v) is 2.27. The minimum atomic E-state index is -0.558. The number of halogens is 1. The van der Waals surface area contributed by atoms with Crippen LogP contribution in [0.5, 0.6) is 0 Å². The van der Waals surface area contributed by atoms with Crippen LogP contribution < -0.4 is 0 Å². The van der Waals surface area contributed by atoms with E-state index in [9.17, 15) is 4.39 Å². The molecule has 2 heteroatoms. The molecule has 78 valence electrons. The first-order valence-corrected chi connectivity index (χ1v) is 5.51. The minimum absolute atomic E-state index is 0.277. The highest BCUT2D eigenvalue weighted by Crippen LogP contribution is 2.30. The summed E-state index contributed by atoms with van der Waals surface area (Å²) in [6.45, 7) is 5.31. The van der Waals surface area contributed by atoms with Gasteiger partial charge in [0.15, 0.2) is 0 Å². The van der Waals surface area contributed by atoms with Gasteiger partial charge in [-0.3, -0.25) is 0 Å². The molecule has 1 fully saturated rings. The molecule has 0 spiro atoms. The van der Waals surface area contributed by atoms with Crippen LogP contribution in [0.1, 0.15) is 39.5 Å². The molecule has 13 heavy (non-hydrogen) atoms. The Morgan fingerprint density at radius 3 is 2.54 bits per heavy atom. The molecule has 0 radical (unpaired) electrons. The Kier molecular flexibility index (Phi) is 4.17. The molecule has 0 N–H and O–H groups in total. The van der Waals surface area contributed by atoms with Gasteiger partial charge >= 0.3 is 0 Å². The fraction of sp³-hybridized carbons (Fsp3) is 1.00. The van der Waals surface area contributed by atoms with E-state index in [-0.39, 0.29) is 5.92 Å². The zero-order valence-electron chi connectivity index (χ0n) is 9.09. The number of rotatable bonds is 3. The first-order chi connectivity index (χ1) is 6.16. The molecule has 1 nitrogen and oxygen atoms in total. The van der Waals surface area contributed by atoms with Gasteiger partial charge in [0, 0.05) is 12.0 Å². The predicted molar refractivity (Wildman–Crippen MR) is 54.6 cm³/mol. The normalized spacial score (nSPS) is 32.1. The quantitative estimate of drug-likeness (QED) is 0.656. The second-order valence-corrected chi connectivity index (χ2v) is 4.28. The van der Waals surface area contributed by atoms with Gasteiger partial charge in [-0.15, -0.1) is 0 Å². The van der Waals surface area contributed by atoms with Gasteiger partial charge in [0.05, 0.1) is 0 Å². The predicted octanol–water partition coefficient (Wildman–Crippen LogP) is 2.85. The summed E-state index contributed by atoms with van der Waals surface area (Å²) in [7, 11) is 2.09. The zero-order valence-corrected chi connectivity index (χ0v) is 9.09. The van der Waals surface area contributed by atoms with Gasteiger partial charge in [-0.1, -0.05) is 19.8 Å². The van der Waals surface area contributed by atoms with Crippen LogP contribution in [-0.4, -0.2) is 30.7 Å². The Hall–Kier alpha value is -0.110. The Morgan fingerprint density at radius 1 is 1.38 bits per heavy atom. The molecule has 0 heterocycles. The smallest absolute Gasteiger partial charge is 0.104 e. The molecule has 1 aliphatic carbocycles. The molecular weight excluding hydrogens is 165 g/mol. The summed E-state index contributed by atoms with van der Waals surface area (Å²) in [6.07, 6.45) is 3.60. The van der Waals surface area contributed by atoms with E-state index in [0.29, 0.717) is 6.04 Å². The van der Waals surface area contributed by atoms with Crippen LogP contribution in [-0.2, 0) is 0 Å². The van der Waals surface area contributed by atoms with Crippen molar-refractivity contribution in [2.24, 2.45) is 5.92 Å². The minimum Gasteiger partial charge on any atom is -0.304 e. The summed E-state index contributed by atoms with van der Waals surface area (Å²) in [5.74, 6) is 0.277. The van der Waals surface area contributed by atoms with Gasteiger partial charge < -0.3 is 4.90 Å². The molecule has 0 aromatic heterocycles. The van der Waals surface area contributed by atoms with Crippen LogP contribution in [0.25, 0.3) is 0 Å². The lowest BCUT2D eigenvalue weighted by Gasteiger charge is -2.35. The first-order valence-electron chi connectivity index (χ1n) is 5.51. The monoisotopic (exact) mass is 187 g/mol. The maximum atomic E-state index is 13.6. The van der Waals surface area contributed by atoms with Gasteiger partial charge in [0.1, 0.15) is 6.17 Å². The van der Waals surface area contributed by atoms with Crippen LogP contribution in [0, 0.1) is 5.92 Å². The van der Waals surface area contributed by atoms with E-state index >= 15 is 0 Å². The summed E-state index contributed by atoms with van der Waals surface area (Å²) in [6, 6.07) is 0.403. The Balaban J connectivity index is 2.47. The van der Waals surface area contributed by atoms with E-state index < -0.39 is 6.17 Å². The number of nitrogens with zero attached hydrogens (tertiary/aromatic N) is 1. The van der Waals surface area contributed by atoms with Crippen molar-refractivity contribution in [3.63, 3.8) is 0 Å². The van der Waals surface area contributed by atoms with Crippen molar-refractivity contribution in [3.05, 3.63) is 0 Å². The van der Waals surface area contributed by atoms with Gasteiger partial charge in [-0.25, -0.2) is 4.39 Å². The van der Waals surface area contributed by atoms with E-state index in [1.807, 2.05) is 0 Å². The van der Waals surface area contributed by atoms with Crippen LogP contribution in [0.2, 0.25) is 0 Å². The third kappa shape index (κ3) is 2.67. The summed E-state index contributed by atoms with van der Waals surface area (Å²) in [5, 5.41) is 0. The second-order valence-electron chi connectivity index (χ2n) is 4.28. The van der Waals surface area contributed by atoms with Crippen molar-refractivity contribution < 1.29 is 4.39 Å². The van der Waals surface area contributed by atoms with E-state index in [1.54, 1.807) is 0 Å². The summed E-state index contributed by atoms with van der Waals surface area (Å²) < 4.78 is 13.6. The van der Waals surface area contributed by atoms with Gasteiger partial charge in [-0.2, -0.15) is 0 Å². The fourth-order valence-electron chi connectivity index (χ4n) is 2.27. The molecule has 3 unspecified atom stereocenters. The number of alkyl halides is 1. The lowest BCUT2D eigenvalue weighted by Crippen LogP contribution is -2.41. The number of hydrogen-bond donors (Lipinski definition) is 0. The van der Waals surface area contributed by atoms with Crippen molar-refractivity contribution >= 4 is 0 Å². The van der Waals surface area contributed by atoms with Crippen LogP contribution >= 0.6 is 0 Å². The van der Waals surface area contributed by atoms with Crippen LogP contribution in [0.15, 0.2) is 0 Å². The van der Waals surface area contributed by atoms with E-state index in [1.165, 1.54) is 6.42 Å². The van der Waals surface area contributed by atoms with Gasteiger partial charge in [0.2, 0.25) is 0 Å². The molecule has 1 saturated carbocycles. The molecule has 0 aromatic carbocycles. The molecule has 1 rings (SSSR count). The maximum Gasteiger partial charge on any atom is 0.104 e. The standard InChI is InChI=1S/C11H22FN/c1-4-13(3)9(2)10-7-5-6-8-11(10)12/h9-11H,4-8H2,1-3H3. The molecule has 0 aromatic rings. The topological polar surface area (TPSA) is 3.24 Å². The third-order valence-corrected chi connectivity index (χ3v) is 3.55. The average molecular weight is 187 g/mol. The van der Waals surface area contributed by atoms with Crippen molar-refractivity contribution in [2.75, 3.05) is 13.6 Å². The maximum absolute atomic E-state index is 13.6. The second kappa shape index (κ2) is 4.94. The van der Waals surface area contributed by atoms with E-state index in [0.717, 1.165) is 25.8 Å². The van der Waals surface area contributed by atoms with Crippen molar-refractivity contribution in [1.29, 1.82) is 0 Å². The Bertz CT molecular complexity index is 149. The molecule has 3 atom stereocenters. The number of hydrogen-bond acceptors (Lipinski definition) is 1. The largest absolute Gasteiger partial charge is 0.304 e. The SMILES string of the molecule is CCN(C)C(C)C1CCCCC1F. The summed E-state index contributed by atoms with van der Waals surface area (Å²) in [4.78, 5) is 2.25. The highest BCUT2D eigenvalue weighted by Gasteiger charge is 2.30. The van der Waals surface area contributed by atoms with Crippen molar-refractivity contribution in [1.82, 2.24) is 4.90 Å². The highest BCUT2D eigenvalue weighted by molar-refractivity contribution is 4.82. The van der Waals surface area contributed by atoms with Crippen LogP contribution in [0.4, 0.5) is 4.39 Å². The van der Waals surface area contributed by atoms with Crippen molar-refractivity contribution in [2.45, 2.75) is 51.7 Å². The lowest BCUT2D eigenvalue weighted by atomic mass is 9.82. The molecular formula is C11H22FN. The third-order valence-electron chi connectivity index (χ3n) is 3.55. The summed E-state index contributed by atoms with van der Waals surface area (Å²) >= 11 is 0. The zero-order chi connectivity index (χ0) is 9.84. The molecule has 0 aliphatic heterocycles.